The lowest BCUT2D eigenvalue weighted by Crippen LogP contribution is -2.44. The first kappa shape index (κ1) is 22.0. The zero-order valence-electron chi connectivity index (χ0n) is 17.6. The van der Waals surface area contributed by atoms with E-state index in [0.29, 0.717) is 0 Å². The van der Waals surface area contributed by atoms with Gasteiger partial charge in [-0.3, -0.25) is 15.2 Å². The molecule has 4 N–H and O–H groups in total. The molecule has 1 aliphatic rings. The van der Waals surface area contributed by atoms with Crippen LogP contribution in [0, 0.1) is 0 Å². The van der Waals surface area contributed by atoms with Gasteiger partial charge in [-0.1, -0.05) is 48.5 Å². The van der Waals surface area contributed by atoms with Gasteiger partial charge in [0, 0.05) is 13.0 Å². The van der Waals surface area contributed by atoms with Crippen molar-refractivity contribution in [3.63, 3.8) is 0 Å². The smallest absolute Gasteiger partial charge is 0.414 e. The van der Waals surface area contributed by atoms with Gasteiger partial charge in [0.25, 0.3) is 11.9 Å². The van der Waals surface area contributed by atoms with Crippen LogP contribution in [0.5, 0.6) is 0 Å². The maximum absolute atomic E-state index is 12.3. The van der Waals surface area contributed by atoms with Crippen LogP contribution in [0.4, 0.5) is 10.7 Å². The van der Waals surface area contributed by atoms with E-state index in [0.717, 1.165) is 22.3 Å². The molecular formula is C22H21N5O6. The molecule has 0 saturated heterocycles. The van der Waals surface area contributed by atoms with E-state index in [4.69, 9.17) is 14.6 Å². The highest BCUT2D eigenvalue weighted by Gasteiger charge is 2.29. The van der Waals surface area contributed by atoms with Crippen LogP contribution < -0.4 is 10.6 Å². The maximum Gasteiger partial charge on any atom is 0.414 e. The fourth-order valence-electron chi connectivity index (χ4n) is 3.71. The Labute approximate surface area is 188 Å². The molecule has 1 atom stereocenters. The van der Waals surface area contributed by atoms with Crippen molar-refractivity contribution in [3.8, 4) is 11.1 Å². The topological polar surface area (TPSA) is 156 Å². The number of carbonyl (C=O) groups is 3. The number of methoxy groups -OCH3 is 1. The van der Waals surface area contributed by atoms with Gasteiger partial charge in [-0.2, -0.15) is 4.98 Å². The minimum absolute atomic E-state index is 0.106. The SMILES string of the molecule is COC[C@H](NC(=O)c1nc(NC(=O)OCC2c3ccccc3-c3ccccc32)n[nH]1)C(=O)O. The average molecular weight is 451 g/mol. The number of aromatic nitrogens is 3. The number of H-pyrrole nitrogens is 1. The maximum atomic E-state index is 12.3. The highest BCUT2D eigenvalue weighted by atomic mass is 16.5. The third-order valence-corrected chi connectivity index (χ3v) is 5.19. The number of nitrogens with one attached hydrogen (secondary N) is 3. The predicted molar refractivity (Wildman–Crippen MR) is 116 cm³/mol. The van der Waals surface area contributed by atoms with Crippen LogP contribution >= 0.6 is 0 Å². The number of hydrogen-bond donors (Lipinski definition) is 4. The van der Waals surface area contributed by atoms with Crippen LogP contribution in [0.2, 0.25) is 0 Å². The first-order chi connectivity index (χ1) is 16.0. The Hall–Kier alpha value is -4.25. The lowest BCUT2D eigenvalue weighted by atomic mass is 9.98. The number of hydrogen-bond acceptors (Lipinski definition) is 7. The van der Waals surface area contributed by atoms with E-state index in [2.05, 4.69) is 25.8 Å². The minimum Gasteiger partial charge on any atom is -0.480 e. The molecule has 2 amide bonds. The van der Waals surface area contributed by atoms with Crippen molar-refractivity contribution < 1.29 is 29.0 Å². The number of ether oxygens (including phenoxy) is 2. The summed E-state index contributed by atoms with van der Waals surface area (Å²) in [6.45, 7) is -0.116. The van der Waals surface area contributed by atoms with E-state index in [9.17, 15) is 14.4 Å². The average Bonchev–Trinajstić information content (AvgIpc) is 3.40. The molecule has 4 rings (SSSR count). The molecule has 1 heterocycles. The molecule has 3 aromatic rings. The monoisotopic (exact) mass is 451 g/mol. The summed E-state index contributed by atoms with van der Waals surface area (Å²) in [5.41, 5.74) is 4.37. The van der Waals surface area contributed by atoms with Gasteiger partial charge in [-0.05, 0) is 22.3 Å². The highest BCUT2D eigenvalue weighted by Crippen LogP contribution is 2.44. The quantitative estimate of drug-likeness (QED) is 0.405. The van der Waals surface area contributed by atoms with E-state index in [1.54, 1.807) is 0 Å². The van der Waals surface area contributed by atoms with E-state index < -0.39 is 24.0 Å². The summed E-state index contributed by atoms with van der Waals surface area (Å²) in [6, 6.07) is 14.7. The standard InChI is InChI=1S/C22H21N5O6/c1-32-11-17(20(29)30)23-19(28)18-24-21(27-26-18)25-22(31)33-10-16-14-8-4-2-6-12(14)13-7-3-5-9-15(13)16/h2-9,16-17H,10-11H2,1H3,(H,23,28)(H,29,30)(H2,24,25,26,27,31)/t17-/m0/s1. The van der Waals surface area contributed by atoms with Crippen LogP contribution in [-0.2, 0) is 14.3 Å². The molecule has 170 valence electrons. The van der Waals surface area contributed by atoms with Crippen LogP contribution in [0.1, 0.15) is 27.7 Å². The zero-order chi connectivity index (χ0) is 23.4. The number of aromatic amines is 1. The summed E-state index contributed by atoms with van der Waals surface area (Å²) >= 11 is 0. The number of rotatable bonds is 8. The summed E-state index contributed by atoms with van der Waals surface area (Å²) in [6.07, 6.45) is -0.786. The second-order valence-electron chi connectivity index (χ2n) is 7.28. The first-order valence-electron chi connectivity index (χ1n) is 10.0. The number of aliphatic carboxylic acids is 1. The molecule has 0 bridgehead atoms. The molecular weight excluding hydrogens is 430 g/mol. The van der Waals surface area contributed by atoms with E-state index in [1.165, 1.54) is 7.11 Å². The number of carboxylic acid groups (broad SMARTS) is 1. The van der Waals surface area contributed by atoms with Crippen molar-refractivity contribution in [2.45, 2.75) is 12.0 Å². The van der Waals surface area contributed by atoms with Crippen LogP contribution in [0.3, 0.4) is 0 Å². The summed E-state index contributed by atoms with van der Waals surface area (Å²) in [5, 5.41) is 19.8. The Morgan fingerprint density at radius 3 is 2.33 bits per heavy atom. The van der Waals surface area contributed by atoms with Gasteiger partial charge in [0.15, 0.2) is 6.04 Å². The molecule has 0 radical (unpaired) electrons. The molecule has 33 heavy (non-hydrogen) atoms. The van der Waals surface area contributed by atoms with Crippen LogP contribution in [0.25, 0.3) is 11.1 Å². The third kappa shape index (κ3) is 4.67. The normalized spacial score (nSPS) is 13.0. The van der Waals surface area contributed by atoms with Gasteiger partial charge in [-0.25, -0.2) is 9.59 Å². The number of carboxylic acids is 1. The van der Waals surface area contributed by atoms with Crippen molar-refractivity contribution in [3.05, 3.63) is 65.5 Å². The number of carbonyl (C=O) groups excluding carboxylic acids is 2. The molecule has 0 saturated carbocycles. The number of fused-ring (bicyclic) bond motifs is 3. The van der Waals surface area contributed by atoms with Gasteiger partial charge >= 0.3 is 12.1 Å². The zero-order valence-corrected chi connectivity index (χ0v) is 17.6. The highest BCUT2D eigenvalue weighted by molar-refractivity contribution is 5.94. The number of nitrogens with zero attached hydrogens (tertiary/aromatic N) is 2. The molecule has 0 aliphatic heterocycles. The number of benzene rings is 2. The van der Waals surface area contributed by atoms with Crippen molar-refractivity contribution in [1.29, 1.82) is 0 Å². The van der Waals surface area contributed by atoms with Crippen molar-refractivity contribution in [2.24, 2.45) is 0 Å². The van der Waals surface area contributed by atoms with Gasteiger partial charge in [0.05, 0.1) is 6.61 Å². The first-order valence-corrected chi connectivity index (χ1v) is 10.0. The predicted octanol–water partition coefficient (Wildman–Crippen LogP) is 2.00. The molecule has 11 heteroatoms. The second-order valence-corrected chi connectivity index (χ2v) is 7.28. The van der Waals surface area contributed by atoms with Crippen molar-refractivity contribution in [1.82, 2.24) is 20.5 Å². The Morgan fingerprint density at radius 1 is 1.09 bits per heavy atom. The number of anilines is 1. The van der Waals surface area contributed by atoms with Crippen LogP contribution in [-0.4, -0.2) is 64.6 Å². The second kappa shape index (κ2) is 9.49. The fourth-order valence-corrected chi connectivity index (χ4v) is 3.71. The Morgan fingerprint density at radius 2 is 1.73 bits per heavy atom. The van der Waals surface area contributed by atoms with Gasteiger partial charge in [0.1, 0.15) is 6.61 Å². The van der Waals surface area contributed by atoms with E-state index in [1.807, 2.05) is 48.5 Å². The van der Waals surface area contributed by atoms with Crippen molar-refractivity contribution in [2.75, 3.05) is 25.6 Å². The lowest BCUT2D eigenvalue weighted by molar-refractivity contribution is -0.140. The van der Waals surface area contributed by atoms with Crippen molar-refractivity contribution >= 4 is 23.9 Å². The van der Waals surface area contributed by atoms with E-state index >= 15 is 0 Å². The third-order valence-electron chi connectivity index (χ3n) is 5.19. The summed E-state index contributed by atoms with van der Waals surface area (Å²) in [7, 11) is 1.31. The molecule has 0 unspecified atom stereocenters. The van der Waals surface area contributed by atoms with E-state index in [-0.39, 0.29) is 30.9 Å². The molecule has 0 fully saturated rings. The molecule has 0 spiro atoms. The molecule has 11 nitrogen and oxygen atoms in total. The van der Waals surface area contributed by atoms with Gasteiger partial charge in [-0.15, -0.1) is 5.10 Å². The molecule has 2 aromatic carbocycles. The largest absolute Gasteiger partial charge is 0.480 e. The summed E-state index contributed by atoms with van der Waals surface area (Å²) in [4.78, 5) is 39.4. The van der Waals surface area contributed by atoms with Gasteiger partial charge in [0.2, 0.25) is 5.82 Å². The number of amides is 2. The Balaban J connectivity index is 1.36. The lowest BCUT2D eigenvalue weighted by Gasteiger charge is -2.13. The Kier molecular flexibility index (Phi) is 6.31. The Bertz CT molecular complexity index is 1150. The summed E-state index contributed by atoms with van der Waals surface area (Å²) < 4.78 is 10.2. The van der Waals surface area contributed by atoms with Crippen LogP contribution in [0.15, 0.2) is 48.5 Å². The fraction of sp³-hybridized carbons (Fsp3) is 0.227. The summed E-state index contributed by atoms with van der Waals surface area (Å²) in [5.74, 6) is -2.64. The molecule has 1 aromatic heterocycles. The van der Waals surface area contributed by atoms with Gasteiger partial charge < -0.3 is 19.9 Å². The minimum atomic E-state index is -1.26. The molecule has 1 aliphatic carbocycles.